The van der Waals surface area contributed by atoms with E-state index >= 15 is 0 Å². The average molecular weight is 296 g/mol. The van der Waals surface area contributed by atoms with Gasteiger partial charge in [0.05, 0.1) is 10.6 Å². The summed E-state index contributed by atoms with van der Waals surface area (Å²) in [6, 6.07) is 4.89. The molecule has 0 aromatic heterocycles. The molecule has 1 aromatic rings. The second-order valence-corrected chi connectivity index (χ2v) is 5.55. The number of halogens is 1. The van der Waals surface area contributed by atoms with Crippen molar-refractivity contribution in [3.05, 3.63) is 28.8 Å². The fourth-order valence-electron chi connectivity index (χ4n) is 2.50. The van der Waals surface area contributed by atoms with E-state index in [0.717, 1.165) is 12.8 Å². The van der Waals surface area contributed by atoms with E-state index in [1.54, 1.807) is 23.1 Å². The lowest BCUT2D eigenvalue weighted by Gasteiger charge is -2.31. The van der Waals surface area contributed by atoms with Crippen molar-refractivity contribution in [2.45, 2.75) is 19.3 Å². The molecule has 6 heteroatoms. The van der Waals surface area contributed by atoms with Crippen LogP contribution in [0.15, 0.2) is 18.2 Å². The third-order valence-electron chi connectivity index (χ3n) is 3.62. The molecule has 1 aliphatic heterocycles. The molecule has 0 saturated carbocycles. The van der Waals surface area contributed by atoms with Crippen LogP contribution in [0.1, 0.15) is 29.6 Å². The molecule has 2 rings (SSSR count). The molecule has 0 radical (unpaired) electrons. The molecule has 2 amide bonds. The molecule has 1 aliphatic rings. The summed E-state index contributed by atoms with van der Waals surface area (Å²) in [4.78, 5) is 25.0. The third kappa shape index (κ3) is 3.42. The predicted molar refractivity (Wildman–Crippen MR) is 78.3 cm³/mol. The Balaban J connectivity index is 1.99. The van der Waals surface area contributed by atoms with Crippen molar-refractivity contribution in [1.29, 1.82) is 0 Å². The number of carbonyl (C=O) groups is 2. The zero-order valence-electron chi connectivity index (χ0n) is 11.1. The van der Waals surface area contributed by atoms with Gasteiger partial charge >= 0.3 is 0 Å². The summed E-state index contributed by atoms with van der Waals surface area (Å²) in [5.74, 6) is -0.0951. The highest BCUT2D eigenvalue weighted by molar-refractivity contribution is 6.34. The number of anilines is 1. The molecule has 0 unspecified atom stereocenters. The van der Waals surface area contributed by atoms with Gasteiger partial charge in [0, 0.05) is 25.2 Å². The molecule has 108 valence electrons. The lowest BCUT2D eigenvalue weighted by molar-refractivity contribution is -0.119. The first-order chi connectivity index (χ1) is 9.47. The summed E-state index contributed by atoms with van der Waals surface area (Å²) in [7, 11) is 0. The van der Waals surface area contributed by atoms with Gasteiger partial charge in [-0.1, -0.05) is 11.6 Å². The number of nitrogen functional groups attached to an aromatic ring is 1. The average Bonchev–Trinajstić information content (AvgIpc) is 2.38. The van der Waals surface area contributed by atoms with Crippen molar-refractivity contribution < 1.29 is 9.59 Å². The number of primary amides is 1. The summed E-state index contributed by atoms with van der Waals surface area (Å²) >= 11 is 6.05. The highest BCUT2D eigenvalue weighted by Gasteiger charge is 2.25. The SMILES string of the molecule is NC(=O)CC1CCN(C(=O)c2ccc(N)cc2Cl)CC1. The first-order valence-electron chi connectivity index (χ1n) is 6.60. The van der Waals surface area contributed by atoms with Crippen molar-refractivity contribution in [2.75, 3.05) is 18.8 Å². The number of carbonyl (C=O) groups excluding carboxylic acids is 2. The molecule has 1 saturated heterocycles. The van der Waals surface area contributed by atoms with Crippen LogP contribution in [0.2, 0.25) is 5.02 Å². The van der Waals surface area contributed by atoms with Gasteiger partial charge in [0.25, 0.3) is 5.91 Å². The minimum Gasteiger partial charge on any atom is -0.399 e. The lowest BCUT2D eigenvalue weighted by Crippen LogP contribution is -2.39. The predicted octanol–water partition coefficient (Wildman–Crippen LogP) is 1.65. The number of hydrogen-bond donors (Lipinski definition) is 2. The number of benzene rings is 1. The minimum absolute atomic E-state index is 0.0903. The van der Waals surface area contributed by atoms with Crippen LogP contribution in [0.5, 0.6) is 0 Å². The maximum atomic E-state index is 12.4. The van der Waals surface area contributed by atoms with Crippen LogP contribution in [-0.2, 0) is 4.79 Å². The smallest absolute Gasteiger partial charge is 0.255 e. The van der Waals surface area contributed by atoms with Crippen LogP contribution in [0.25, 0.3) is 0 Å². The molecule has 1 fully saturated rings. The summed E-state index contributed by atoms with van der Waals surface area (Å²) in [5, 5.41) is 0.370. The fourth-order valence-corrected chi connectivity index (χ4v) is 2.77. The maximum absolute atomic E-state index is 12.4. The van der Waals surface area contributed by atoms with Gasteiger partial charge in [-0.15, -0.1) is 0 Å². The van der Waals surface area contributed by atoms with Crippen LogP contribution >= 0.6 is 11.6 Å². The van der Waals surface area contributed by atoms with Crippen molar-refractivity contribution >= 4 is 29.1 Å². The molecule has 1 heterocycles. The number of amides is 2. The summed E-state index contributed by atoms with van der Waals surface area (Å²) < 4.78 is 0. The summed E-state index contributed by atoms with van der Waals surface area (Å²) in [6.07, 6.45) is 1.98. The van der Waals surface area contributed by atoms with E-state index in [4.69, 9.17) is 23.1 Å². The molecule has 0 aliphatic carbocycles. The highest BCUT2D eigenvalue weighted by atomic mass is 35.5. The van der Waals surface area contributed by atoms with Gasteiger partial charge in [-0.25, -0.2) is 0 Å². The number of nitrogens with two attached hydrogens (primary N) is 2. The van der Waals surface area contributed by atoms with E-state index in [2.05, 4.69) is 0 Å². The van der Waals surface area contributed by atoms with Crippen molar-refractivity contribution in [2.24, 2.45) is 11.7 Å². The van der Waals surface area contributed by atoms with Gasteiger partial charge in [-0.3, -0.25) is 9.59 Å². The van der Waals surface area contributed by atoms with E-state index < -0.39 is 0 Å². The topological polar surface area (TPSA) is 89.4 Å². The van der Waals surface area contributed by atoms with Crippen LogP contribution in [0, 0.1) is 5.92 Å². The quantitative estimate of drug-likeness (QED) is 0.831. The van der Waals surface area contributed by atoms with Gasteiger partial charge in [-0.2, -0.15) is 0 Å². The Labute approximate surface area is 122 Å². The summed E-state index contributed by atoms with van der Waals surface area (Å²) in [6.45, 7) is 1.25. The van der Waals surface area contributed by atoms with E-state index in [1.165, 1.54) is 0 Å². The molecular weight excluding hydrogens is 278 g/mol. The van der Waals surface area contributed by atoms with Gasteiger partial charge < -0.3 is 16.4 Å². The van der Waals surface area contributed by atoms with Crippen LogP contribution in [0.4, 0.5) is 5.69 Å². The van der Waals surface area contributed by atoms with Gasteiger partial charge in [0.1, 0.15) is 0 Å². The Morgan fingerprint density at radius 2 is 1.95 bits per heavy atom. The van der Waals surface area contributed by atoms with Gasteiger partial charge in [0.2, 0.25) is 5.91 Å². The lowest BCUT2D eigenvalue weighted by atomic mass is 9.93. The Bertz CT molecular complexity index is 525. The molecular formula is C14H18ClN3O2. The highest BCUT2D eigenvalue weighted by Crippen LogP contribution is 2.25. The van der Waals surface area contributed by atoms with E-state index in [1.807, 2.05) is 0 Å². The first kappa shape index (κ1) is 14.7. The normalized spacial score (nSPS) is 16.1. The number of hydrogen-bond acceptors (Lipinski definition) is 3. The van der Waals surface area contributed by atoms with Crippen molar-refractivity contribution in [3.8, 4) is 0 Å². The molecule has 0 bridgehead atoms. The molecule has 20 heavy (non-hydrogen) atoms. The van der Waals surface area contributed by atoms with E-state index in [0.29, 0.717) is 35.8 Å². The van der Waals surface area contributed by atoms with Crippen molar-refractivity contribution in [1.82, 2.24) is 4.90 Å². The monoisotopic (exact) mass is 295 g/mol. The molecule has 5 nitrogen and oxygen atoms in total. The molecule has 4 N–H and O–H groups in total. The standard InChI is InChI=1S/C14H18ClN3O2/c15-12-8-10(16)1-2-11(12)14(20)18-5-3-9(4-6-18)7-13(17)19/h1-2,8-9H,3-7,16H2,(H2,17,19). The largest absolute Gasteiger partial charge is 0.399 e. The second-order valence-electron chi connectivity index (χ2n) is 5.15. The number of rotatable bonds is 3. The van der Waals surface area contributed by atoms with Gasteiger partial charge in [-0.05, 0) is 37.0 Å². The van der Waals surface area contributed by atoms with Crippen LogP contribution < -0.4 is 11.5 Å². The maximum Gasteiger partial charge on any atom is 0.255 e. The Morgan fingerprint density at radius 3 is 2.50 bits per heavy atom. The zero-order chi connectivity index (χ0) is 14.7. The molecule has 0 atom stereocenters. The second kappa shape index (κ2) is 6.13. The van der Waals surface area contributed by atoms with Gasteiger partial charge in [0.15, 0.2) is 0 Å². The fraction of sp³-hybridized carbons (Fsp3) is 0.429. The Morgan fingerprint density at radius 1 is 1.30 bits per heavy atom. The van der Waals surface area contributed by atoms with E-state index in [-0.39, 0.29) is 17.7 Å². The van der Waals surface area contributed by atoms with E-state index in [9.17, 15) is 9.59 Å². The van der Waals surface area contributed by atoms with Crippen LogP contribution in [0.3, 0.4) is 0 Å². The minimum atomic E-state index is -0.281. The number of piperidine rings is 1. The Hall–Kier alpha value is -1.75. The van der Waals surface area contributed by atoms with Crippen LogP contribution in [-0.4, -0.2) is 29.8 Å². The summed E-state index contributed by atoms with van der Waals surface area (Å²) in [5.41, 5.74) is 11.8. The molecule has 1 aromatic carbocycles. The zero-order valence-corrected chi connectivity index (χ0v) is 11.9. The number of nitrogens with zero attached hydrogens (tertiary/aromatic N) is 1. The third-order valence-corrected chi connectivity index (χ3v) is 3.93. The number of likely N-dealkylation sites (tertiary alicyclic amines) is 1. The molecule has 0 spiro atoms. The van der Waals surface area contributed by atoms with Crippen molar-refractivity contribution in [3.63, 3.8) is 0 Å². The Kier molecular flexibility index (Phi) is 4.49. The first-order valence-corrected chi connectivity index (χ1v) is 6.97.